The van der Waals surface area contributed by atoms with Crippen molar-refractivity contribution in [2.24, 2.45) is 0 Å². The van der Waals surface area contributed by atoms with Crippen LogP contribution < -0.4 is 21.9 Å². The van der Waals surface area contributed by atoms with E-state index in [1.165, 1.54) is 0 Å². The summed E-state index contributed by atoms with van der Waals surface area (Å²) in [5.41, 5.74) is -53.3. The van der Waals surface area contributed by atoms with Crippen molar-refractivity contribution >= 4 is 28.0 Å². The van der Waals surface area contributed by atoms with E-state index in [4.69, 9.17) is 0 Å². The third-order valence-corrected chi connectivity index (χ3v) is 9.11. The molecule has 0 saturated carbocycles. The summed E-state index contributed by atoms with van der Waals surface area (Å²) < 4.78 is 475. The highest BCUT2D eigenvalue weighted by atomic mass is 19.4. The predicted octanol–water partition coefficient (Wildman–Crippen LogP) is 12.3. The van der Waals surface area contributed by atoms with Crippen molar-refractivity contribution in [1.29, 1.82) is 0 Å². The van der Waals surface area contributed by atoms with Crippen molar-refractivity contribution in [3.63, 3.8) is 0 Å². The van der Waals surface area contributed by atoms with Crippen molar-refractivity contribution in [2.75, 3.05) is 0 Å². The fourth-order valence-corrected chi connectivity index (χ4v) is 6.67. The molecule has 0 spiro atoms. The molecule has 0 atom stereocenters. The molecule has 360 valence electrons. The van der Waals surface area contributed by atoms with Gasteiger partial charge in [0.25, 0.3) is 0 Å². The van der Waals surface area contributed by atoms with Gasteiger partial charge in [-0.15, -0.1) is 21.9 Å². The first-order valence-electron chi connectivity index (χ1n) is 15.5. The molecule has 4 aromatic rings. The molecule has 0 aromatic heterocycles. The minimum absolute atomic E-state index is 2.02. The lowest BCUT2D eigenvalue weighted by Crippen LogP contribution is -2.81. The number of rotatable bonds is 4. The Morgan fingerprint density at radius 3 is 0.369 bits per heavy atom. The largest absolute Gasteiger partial charge is 0.419 e. The molecule has 0 aliphatic rings. The molecule has 0 N–H and O–H groups in total. The molecular weight excluding hydrogens is 1000 g/mol. The van der Waals surface area contributed by atoms with Crippen LogP contribution in [0.5, 0.6) is 0 Å². The van der Waals surface area contributed by atoms with E-state index in [0.717, 1.165) is 0 Å². The van der Waals surface area contributed by atoms with Gasteiger partial charge < -0.3 is 0 Å². The molecule has 0 amide bonds. The van der Waals surface area contributed by atoms with Gasteiger partial charge >= 0.3 is 49.4 Å². The van der Waals surface area contributed by atoms with Crippen LogP contribution in [-0.2, 0) is 49.4 Å². The molecule has 0 heterocycles. The number of hydrogen-bond donors (Lipinski definition) is 0. The van der Waals surface area contributed by atoms with E-state index >= 15 is 35.1 Å². The summed E-state index contributed by atoms with van der Waals surface area (Å²) in [7, 11) is 0. The van der Waals surface area contributed by atoms with E-state index in [9.17, 15) is 105 Å². The Morgan fingerprint density at radius 1 is 0.200 bits per heavy atom. The quantitative estimate of drug-likeness (QED) is 0.141. The first kappa shape index (κ1) is 52.3. The Balaban J connectivity index is 2.99. The van der Waals surface area contributed by atoms with Crippen LogP contribution in [0.3, 0.4) is 0 Å². The van der Waals surface area contributed by atoms with Crippen molar-refractivity contribution in [1.82, 2.24) is 0 Å². The minimum Gasteiger partial charge on any atom is -0.210 e. The van der Waals surface area contributed by atoms with Crippen LogP contribution in [0.1, 0.15) is 44.5 Å². The van der Waals surface area contributed by atoms with Crippen LogP contribution >= 0.6 is 0 Å². The van der Waals surface area contributed by atoms with Gasteiger partial charge in [0.15, 0.2) is 0 Å². The summed E-state index contributed by atoms with van der Waals surface area (Å²) >= 11 is 0. The number of halogens is 32. The smallest absolute Gasteiger partial charge is 0.210 e. The third kappa shape index (κ3) is 8.77. The van der Waals surface area contributed by atoms with Crippen LogP contribution in [-0.4, -0.2) is 6.15 Å². The molecule has 4 aromatic carbocycles. The van der Waals surface area contributed by atoms with Gasteiger partial charge in [-0.3, -0.25) is 0 Å². The van der Waals surface area contributed by atoms with Gasteiger partial charge in [-0.1, -0.05) is 0 Å². The lowest BCUT2D eigenvalue weighted by Gasteiger charge is -2.47. The van der Waals surface area contributed by atoms with E-state index in [-0.39, 0.29) is 0 Å². The summed E-state index contributed by atoms with van der Waals surface area (Å²) in [4.78, 5) is 0. The minimum atomic E-state index is -9.00. The Labute approximate surface area is 333 Å². The molecule has 0 unspecified atom stereocenters. The monoisotopic (exact) mass is 1010 g/mol. The molecule has 4 rings (SSSR count). The summed E-state index contributed by atoms with van der Waals surface area (Å²) in [5.74, 6) is -37.9. The zero-order valence-electron chi connectivity index (χ0n) is 29.0. The Bertz CT molecular complexity index is 2040. The van der Waals surface area contributed by atoms with Gasteiger partial charge in [0.2, 0.25) is 0 Å². The number of hydrogen-bond acceptors (Lipinski definition) is 0. The second kappa shape index (κ2) is 15.4. The molecular formula is C32H4BF32-. The molecule has 0 nitrogen and oxygen atoms in total. The zero-order chi connectivity index (χ0) is 50.9. The topological polar surface area (TPSA) is 0 Å². The molecule has 65 heavy (non-hydrogen) atoms. The summed E-state index contributed by atoms with van der Waals surface area (Å²) in [6.45, 7) is 0. The number of benzene rings is 4. The van der Waals surface area contributed by atoms with Crippen LogP contribution in [0.4, 0.5) is 140 Å². The maximum absolute atomic E-state index is 16.6. The molecule has 0 saturated heterocycles. The highest BCUT2D eigenvalue weighted by Crippen LogP contribution is 2.46. The van der Waals surface area contributed by atoms with Gasteiger partial charge in [-0.2, -0.15) is 105 Å². The van der Waals surface area contributed by atoms with E-state index in [1.54, 1.807) is 0 Å². The van der Waals surface area contributed by atoms with Crippen LogP contribution in [0.15, 0.2) is 24.3 Å². The lowest BCUT2D eigenvalue weighted by molar-refractivity contribution is -0.147. The van der Waals surface area contributed by atoms with Gasteiger partial charge in [0.1, 0.15) is 52.7 Å². The average molecular weight is 1010 g/mol. The van der Waals surface area contributed by atoms with Crippen molar-refractivity contribution < 1.29 is 140 Å². The van der Waals surface area contributed by atoms with Gasteiger partial charge in [0, 0.05) is 0 Å². The first-order chi connectivity index (χ1) is 28.7. The Morgan fingerprint density at radius 2 is 0.292 bits per heavy atom. The summed E-state index contributed by atoms with van der Waals surface area (Å²) in [6, 6.07) is -8.08. The van der Waals surface area contributed by atoms with Crippen LogP contribution in [0.2, 0.25) is 0 Å². The normalized spacial score (nSPS) is 14.2. The third-order valence-electron chi connectivity index (χ3n) is 9.11. The average Bonchev–Trinajstić information content (AvgIpc) is 3.03. The number of alkyl halides is 24. The highest BCUT2D eigenvalue weighted by Gasteiger charge is 2.58. The van der Waals surface area contributed by atoms with Crippen molar-refractivity contribution in [3.05, 3.63) is 115 Å². The van der Waals surface area contributed by atoms with Crippen molar-refractivity contribution in [3.8, 4) is 0 Å². The molecule has 0 aliphatic carbocycles. The van der Waals surface area contributed by atoms with Crippen LogP contribution in [0.25, 0.3) is 0 Å². The second-order valence-electron chi connectivity index (χ2n) is 12.9. The van der Waals surface area contributed by atoms with E-state index in [1.807, 2.05) is 0 Å². The maximum atomic E-state index is 16.6. The molecule has 0 aliphatic heterocycles. The standard InChI is InChI=1S/C32H4BF32/c34-17-5(25(42,43)44)1-6(26(45,46)47)18(35)13(17)33(14-19(36)7(27(48,49)50)2-8(20(14)37)28(51,52)53,15-21(38)9(29(54,55)56)3-10(22(15)39)30(57,58)59)16-23(40)11(31(60,61)62)4-12(24(16)41)32(63,64)65/h1-4H/q-1. The maximum Gasteiger partial charge on any atom is 0.419 e. The molecule has 0 bridgehead atoms. The van der Waals surface area contributed by atoms with Crippen LogP contribution in [0, 0.1) is 46.5 Å². The molecule has 33 heteroatoms. The summed E-state index contributed by atoms with van der Waals surface area (Å²) in [5, 5.41) is 0. The Kier molecular flexibility index (Phi) is 12.4. The lowest BCUT2D eigenvalue weighted by atomic mass is 9.12. The van der Waals surface area contributed by atoms with E-state index in [0.29, 0.717) is 0 Å². The first-order valence-corrected chi connectivity index (χ1v) is 15.5. The summed E-state index contributed by atoms with van der Waals surface area (Å²) in [6.07, 6.45) is -67.2. The van der Waals surface area contributed by atoms with Gasteiger partial charge in [-0.25, -0.2) is 35.1 Å². The molecule has 0 radical (unpaired) electrons. The predicted molar refractivity (Wildman–Crippen MR) is 150 cm³/mol. The van der Waals surface area contributed by atoms with Gasteiger partial charge in [0.05, 0.1) is 44.5 Å². The second-order valence-corrected chi connectivity index (χ2v) is 12.9. The highest BCUT2D eigenvalue weighted by molar-refractivity contribution is 7.20. The zero-order valence-corrected chi connectivity index (χ0v) is 29.0. The van der Waals surface area contributed by atoms with Crippen molar-refractivity contribution in [2.45, 2.75) is 49.4 Å². The van der Waals surface area contributed by atoms with Gasteiger partial charge in [-0.05, 0) is 24.3 Å². The fourth-order valence-electron chi connectivity index (χ4n) is 6.67. The Hall–Kier alpha value is -5.30. The SMILES string of the molecule is Fc1c(C(F)(F)F)cc(C(F)(F)F)c(F)c1[B-](c1c(F)c(C(F)(F)F)cc(C(F)(F)F)c1F)(c1c(F)c(C(F)(F)F)cc(C(F)(F)F)c1F)c1c(F)c(C(F)(F)F)cc(C(F)(F)F)c1F. The molecule has 0 fully saturated rings. The van der Waals surface area contributed by atoms with E-state index in [2.05, 4.69) is 0 Å². The fraction of sp³-hybridized carbons (Fsp3) is 0.250. The van der Waals surface area contributed by atoms with E-state index < -0.39 is 193 Å².